The van der Waals surface area contributed by atoms with E-state index in [1.54, 1.807) is 0 Å². The largest absolute Gasteiger partial charge is 0.493 e. The minimum Gasteiger partial charge on any atom is -0.493 e. The van der Waals surface area contributed by atoms with Crippen LogP contribution in [-0.4, -0.2) is 71.5 Å². The van der Waals surface area contributed by atoms with Crippen LogP contribution in [0.4, 0.5) is 0 Å². The lowest BCUT2D eigenvalue weighted by atomic mass is 9.77. The molecule has 1 amide bonds. The summed E-state index contributed by atoms with van der Waals surface area (Å²) >= 11 is 6.21. The first kappa shape index (κ1) is 26.0. The average molecular weight is 503 g/mol. The van der Waals surface area contributed by atoms with Crippen molar-refractivity contribution in [3.63, 3.8) is 0 Å². The molecule has 2 aliphatic heterocycles. The van der Waals surface area contributed by atoms with Crippen molar-refractivity contribution in [2.75, 3.05) is 46.0 Å². The second-order valence-corrected chi connectivity index (χ2v) is 10.6. The zero-order valence-corrected chi connectivity index (χ0v) is 22.1. The molecule has 1 atom stereocenters. The predicted octanol–water partition coefficient (Wildman–Crippen LogP) is 4.47. The van der Waals surface area contributed by atoms with Crippen LogP contribution in [0.15, 0.2) is 24.4 Å². The fourth-order valence-corrected chi connectivity index (χ4v) is 5.38. The van der Waals surface area contributed by atoms with E-state index in [9.17, 15) is 4.79 Å². The van der Waals surface area contributed by atoms with Crippen LogP contribution in [-0.2, 0) is 22.6 Å². The van der Waals surface area contributed by atoms with Gasteiger partial charge in [-0.15, -0.1) is 0 Å². The Balaban J connectivity index is 1.50. The van der Waals surface area contributed by atoms with Crippen LogP contribution < -0.4 is 4.74 Å². The van der Waals surface area contributed by atoms with E-state index in [4.69, 9.17) is 21.1 Å². The molecular formula is C27H39ClN4O3. The molecular weight excluding hydrogens is 464 g/mol. The Morgan fingerprint density at radius 3 is 2.77 bits per heavy atom. The number of morpholine rings is 1. The molecule has 0 aliphatic carbocycles. The smallest absolute Gasteiger partial charge is 0.223 e. The average Bonchev–Trinajstić information content (AvgIpc) is 3.20. The van der Waals surface area contributed by atoms with E-state index in [2.05, 4.69) is 28.5 Å². The van der Waals surface area contributed by atoms with Gasteiger partial charge in [-0.2, -0.15) is 5.10 Å². The number of hydrogen-bond acceptors (Lipinski definition) is 5. The summed E-state index contributed by atoms with van der Waals surface area (Å²) < 4.78 is 13.9. The third kappa shape index (κ3) is 6.57. The predicted molar refractivity (Wildman–Crippen MR) is 138 cm³/mol. The molecule has 0 saturated carbocycles. The molecule has 2 aliphatic rings. The molecule has 192 valence electrons. The number of aryl methyl sites for hydroxylation is 2. The molecule has 1 aromatic heterocycles. The van der Waals surface area contributed by atoms with Crippen molar-refractivity contribution < 1.29 is 14.3 Å². The van der Waals surface area contributed by atoms with Gasteiger partial charge in [-0.25, -0.2) is 0 Å². The molecule has 0 spiro atoms. The number of carbonyl (C=O) groups is 1. The van der Waals surface area contributed by atoms with Crippen LogP contribution in [0.2, 0.25) is 5.02 Å². The van der Waals surface area contributed by atoms with Crippen molar-refractivity contribution in [3.8, 4) is 5.75 Å². The lowest BCUT2D eigenvalue weighted by Crippen LogP contribution is -2.50. The van der Waals surface area contributed by atoms with Crippen LogP contribution in [0.1, 0.15) is 49.4 Å². The molecule has 2 fully saturated rings. The van der Waals surface area contributed by atoms with Gasteiger partial charge in [0.05, 0.1) is 26.0 Å². The molecule has 35 heavy (non-hydrogen) atoms. The van der Waals surface area contributed by atoms with Crippen molar-refractivity contribution in [1.82, 2.24) is 19.6 Å². The number of amides is 1. The standard InChI is InChI=1S/C27H39ClN4O3/c1-4-9-32-22(3)23(17-29-32)18-30-10-5-8-27(19-30,16-26(33)31-11-13-34-14-12-31)20-35-24-6-7-25(28)21(2)15-24/h6-7,15,17H,4-5,8-14,16,18-20H2,1-3H3. The van der Waals surface area contributed by atoms with E-state index in [-0.39, 0.29) is 11.3 Å². The first-order valence-corrected chi connectivity index (χ1v) is 13.2. The maximum Gasteiger partial charge on any atom is 0.223 e. The van der Waals surface area contributed by atoms with Crippen LogP contribution in [0.25, 0.3) is 0 Å². The zero-order valence-electron chi connectivity index (χ0n) is 21.4. The number of carbonyl (C=O) groups excluding carboxylic acids is 1. The van der Waals surface area contributed by atoms with Gasteiger partial charge in [0, 0.05) is 60.8 Å². The van der Waals surface area contributed by atoms with Crippen molar-refractivity contribution >= 4 is 17.5 Å². The highest BCUT2D eigenvalue weighted by Crippen LogP contribution is 2.36. The summed E-state index contributed by atoms with van der Waals surface area (Å²) in [5.74, 6) is 1.01. The number of benzene rings is 1. The van der Waals surface area contributed by atoms with Crippen LogP contribution in [0, 0.1) is 19.3 Å². The molecule has 4 rings (SSSR count). The maximum absolute atomic E-state index is 13.3. The third-order valence-electron chi connectivity index (χ3n) is 7.34. The number of nitrogens with zero attached hydrogens (tertiary/aromatic N) is 4. The monoisotopic (exact) mass is 502 g/mol. The van der Waals surface area contributed by atoms with E-state index in [0.29, 0.717) is 39.3 Å². The third-order valence-corrected chi connectivity index (χ3v) is 7.76. The molecule has 0 radical (unpaired) electrons. The highest BCUT2D eigenvalue weighted by Gasteiger charge is 2.40. The number of piperidine rings is 1. The number of aromatic nitrogens is 2. The first-order valence-electron chi connectivity index (χ1n) is 12.9. The minimum absolute atomic E-state index is 0.206. The quantitative estimate of drug-likeness (QED) is 0.506. The fourth-order valence-electron chi connectivity index (χ4n) is 5.27. The van der Waals surface area contributed by atoms with Crippen LogP contribution in [0.3, 0.4) is 0 Å². The molecule has 1 aromatic carbocycles. The van der Waals surface area contributed by atoms with Gasteiger partial charge in [0.15, 0.2) is 0 Å². The van der Waals surface area contributed by atoms with Crippen molar-refractivity contribution in [2.45, 2.75) is 59.5 Å². The Hall–Kier alpha value is -2.09. The maximum atomic E-state index is 13.3. The minimum atomic E-state index is -0.242. The molecule has 0 bridgehead atoms. The van der Waals surface area contributed by atoms with Crippen molar-refractivity contribution in [1.29, 1.82) is 0 Å². The van der Waals surface area contributed by atoms with Gasteiger partial charge in [0.25, 0.3) is 0 Å². The number of likely N-dealkylation sites (tertiary alicyclic amines) is 1. The summed E-state index contributed by atoms with van der Waals surface area (Å²) in [6.45, 7) is 13.0. The van der Waals surface area contributed by atoms with Gasteiger partial charge >= 0.3 is 0 Å². The highest BCUT2D eigenvalue weighted by molar-refractivity contribution is 6.31. The Labute approximate surface area is 214 Å². The van der Waals surface area contributed by atoms with Gasteiger partial charge in [0.1, 0.15) is 5.75 Å². The number of ether oxygens (including phenoxy) is 2. The van der Waals surface area contributed by atoms with Crippen LogP contribution >= 0.6 is 11.6 Å². The summed E-state index contributed by atoms with van der Waals surface area (Å²) in [5, 5.41) is 5.32. The molecule has 3 heterocycles. The first-order chi connectivity index (χ1) is 16.9. The zero-order chi connectivity index (χ0) is 24.8. The Morgan fingerprint density at radius 2 is 2.03 bits per heavy atom. The van der Waals surface area contributed by atoms with E-state index < -0.39 is 0 Å². The Kier molecular flexibility index (Phi) is 8.73. The fraction of sp³-hybridized carbons (Fsp3) is 0.630. The number of rotatable bonds is 9. The number of halogens is 1. The summed E-state index contributed by atoms with van der Waals surface area (Å²) in [7, 11) is 0. The highest BCUT2D eigenvalue weighted by atomic mass is 35.5. The van der Waals surface area contributed by atoms with Crippen molar-refractivity contribution in [2.24, 2.45) is 5.41 Å². The second-order valence-electron chi connectivity index (χ2n) is 10.2. The number of hydrogen-bond donors (Lipinski definition) is 0. The van der Waals surface area contributed by atoms with E-state index in [1.807, 2.05) is 36.2 Å². The van der Waals surface area contributed by atoms with Gasteiger partial charge in [-0.3, -0.25) is 14.4 Å². The normalized spacial score (nSPS) is 21.3. The van der Waals surface area contributed by atoms with Gasteiger partial charge < -0.3 is 14.4 Å². The summed E-state index contributed by atoms with van der Waals surface area (Å²) in [4.78, 5) is 17.8. The molecule has 2 aromatic rings. The molecule has 0 N–H and O–H groups in total. The van der Waals surface area contributed by atoms with E-state index in [0.717, 1.165) is 61.8 Å². The van der Waals surface area contributed by atoms with E-state index in [1.165, 1.54) is 11.3 Å². The molecule has 2 saturated heterocycles. The molecule has 7 nitrogen and oxygen atoms in total. The van der Waals surface area contributed by atoms with Gasteiger partial charge in [-0.05, 0) is 63.4 Å². The van der Waals surface area contributed by atoms with Crippen molar-refractivity contribution in [3.05, 3.63) is 46.2 Å². The van der Waals surface area contributed by atoms with Gasteiger partial charge in [-0.1, -0.05) is 18.5 Å². The molecule has 8 heteroatoms. The van der Waals surface area contributed by atoms with Gasteiger partial charge in [0.2, 0.25) is 5.91 Å². The Bertz CT molecular complexity index is 1000. The Morgan fingerprint density at radius 1 is 1.23 bits per heavy atom. The topological polar surface area (TPSA) is 59.8 Å². The SMILES string of the molecule is CCCn1ncc(CN2CCCC(COc3ccc(Cl)c(C)c3)(CC(=O)N3CCOCC3)C2)c1C. The summed E-state index contributed by atoms with van der Waals surface area (Å²) in [6.07, 6.45) is 5.58. The lowest BCUT2D eigenvalue weighted by Gasteiger charge is -2.43. The van der Waals surface area contributed by atoms with E-state index >= 15 is 0 Å². The van der Waals surface area contributed by atoms with Crippen LogP contribution in [0.5, 0.6) is 5.75 Å². The summed E-state index contributed by atoms with van der Waals surface area (Å²) in [5.41, 5.74) is 3.25. The molecule has 1 unspecified atom stereocenters. The summed E-state index contributed by atoms with van der Waals surface area (Å²) in [6, 6.07) is 5.77. The second kappa shape index (κ2) is 11.8. The lowest BCUT2D eigenvalue weighted by molar-refractivity contribution is -0.139.